The van der Waals surface area contributed by atoms with Gasteiger partial charge in [0.25, 0.3) is 5.91 Å². The van der Waals surface area contributed by atoms with Crippen molar-refractivity contribution in [3.63, 3.8) is 0 Å². The lowest BCUT2D eigenvalue weighted by Gasteiger charge is -2.25. The van der Waals surface area contributed by atoms with E-state index >= 15 is 0 Å². The number of aliphatic hydroxyl groups excluding tert-OH is 1. The molecule has 1 amide bonds. The van der Waals surface area contributed by atoms with Crippen LogP contribution in [0.5, 0.6) is 11.5 Å². The molecular formula is C35H36N2O5S. The third-order valence-corrected chi connectivity index (χ3v) is 8.26. The van der Waals surface area contributed by atoms with Gasteiger partial charge in [0.15, 0.2) is 28.2 Å². The number of aliphatic hydroxyl groups is 1. The minimum atomic E-state index is -0.925. The Balaban J connectivity index is 1.61. The zero-order valence-electron chi connectivity index (χ0n) is 25.1. The Morgan fingerprint density at radius 1 is 1.07 bits per heavy atom. The van der Waals surface area contributed by atoms with Gasteiger partial charge in [-0.1, -0.05) is 73.7 Å². The van der Waals surface area contributed by atoms with Gasteiger partial charge in [-0.3, -0.25) is 14.5 Å². The predicted octanol–water partition coefficient (Wildman–Crippen LogP) is 7.92. The van der Waals surface area contributed by atoms with Gasteiger partial charge in [0.05, 0.1) is 35.0 Å². The van der Waals surface area contributed by atoms with Gasteiger partial charge in [0.1, 0.15) is 0 Å². The fraction of sp³-hybridized carbons (Fsp3) is 0.286. The number of aromatic nitrogens is 1. The summed E-state index contributed by atoms with van der Waals surface area (Å²) in [6.07, 6.45) is 3.95. The average Bonchev–Trinajstić information content (AvgIpc) is 3.51. The number of allylic oxidation sites excluding steroid dienone is 1. The van der Waals surface area contributed by atoms with Gasteiger partial charge < -0.3 is 14.6 Å². The largest absolute Gasteiger partial charge is 0.503 e. The number of benzene rings is 3. The van der Waals surface area contributed by atoms with Crippen LogP contribution in [0.2, 0.25) is 0 Å². The maximum atomic E-state index is 13.7. The molecule has 7 nitrogen and oxygen atoms in total. The Labute approximate surface area is 256 Å². The normalized spacial score (nSPS) is 15.3. The molecule has 0 saturated carbocycles. The van der Waals surface area contributed by atoms with Crippen LogP contribution in [0.1, 0.15) is 55.5 Å². The van der Waals surface area contributed by atoms with Crippen LogP contribution in [-0.4, -0.2) is 35.0 Å². The number of amides is 1. The van der Waals surface area contributed by atoms with E-state index in [1.54, 1.807) is 18.2 Å². The number of thiazole rings is 1. The molecule has 0 spiro atoms. The summed E-state index contributed by atoms with van der Waals surface area (Å²) in [7, 11) is 0. The molecule has 8 heteroatoms. The molecule has 2 heterocycles. The molecule has 1 aliphatic heterocycles. The number of nitrogens with zero attached hydrogens (tertiary/aromatic N) is 2. The fourth-order valence-corrected chi connectivity index (χ4v) is 6.31. The maximum absolute atomic E-state index is 13.7. The van der Waals surface area contributed by atoms with Gasteiger partial charge in [-0.2, -0.15) is 0 Å². The number of fused-ring (bicyclic) bond motifs is 1. The van der Waals surface area contributed by atoms with E-state index in [0.29, 0.717) is 41.3 Å². The zero-order chi connectivity index (χ0) is 30.7. The van der Waals surface area contributed by atoms with Crippen molar-refractivity contribution in [3.8, 4) is 11.5 Å². The van der Waals surface area contributed by atoms with E-state index in [1.807, 2.05) is 69.3 Å². The molecule has 1 atom stereocenters. The highest BCUT2D eigenvalue weighted by molar-refractivity contribution is 7.22. The molecule has 43 heavy (non-hydrogen) atoms. The Morgan fingerprint density at radius 2 is 1.84 bits per heavy atom. The molecule has 3 aromatic carbocycles. The van der Waals surface area contributed by atoms with Gasteiger partial charge >= 0.3 is 0 Å². The number of ether oxygens (including phenoxy) is 2. The molecule has 0 fully saturated rings. The van der Waals surface area contributed by atoms with E-state index in [1.165, 1.54) is 22.3 Å². The number of rotatable bonds is 11. The lowest BCUT2D eigenvalue weighted by molar-refractivity contribution is -0.117. The summed E-state index contributed by atoms with van der Waals surface area (Å²) >= 11 is 1.35. The summed E-state index contributed by atoms with van der Waals surface area (Å²) < 4.78 is 12.9. The predicted molar refractivity (Wildman–Crippen MR) is 172 cm³/mol. The lowest BCUT2D eigenvalue weighted by atomic mass is 9.95. The molecular weight excluding hydrogens is 560 g/mol. The first-order chi connectivity index (χ1) is 20.7. The molecule has 5 rings (SSSR count). The number of aryl methyl sites for hydroxylation is 2. The van der Waals surface area contributed by atoms with Gasteiger partial charge in [-0.05, 0) is 79.6 Å². The van der Waals surface area contributed by atoms with Crippen LogP contribution in [0.25, 0.3) is 16.3 Å². The van der Waals surface area contributed by atoms with E-state index < -0.39 is 23.5 Å². The molecule has 1 aliphatic rings. The van der Waals surface area contributed by atoms with Crippen molar-refractivity contribution in [2.75, 3.05) is 18.1 Å². The minimum Gasteiger partial charge on any atom is -0.503 e. The third-order valence-electron chi connectivity index (χ3n) is 7.26. The fourth-order valence-electron chi connectivity index (χ4n) is 5.14. The highest BCUT2D eigenvalue weighted by Crippen LogP contribution is 2.45. The first-order valence-corrected chi connectivity index (χ1v) is 15.3. The Hall–Kier alpha value is -4.43. The summed E-state index contributed by atoms with van der Waals surface area (Å²) in [6, 6.07) is 17.9. The number of carbonyl (C=O) groups excluding carboxylic acids is 2. The van der Waals surface area contributed by atoms with Crippen LogP contribution in [0.15, 0.2) is 78.1 Å². The van der Waals surface area contributed by atoms with Crippen molar-refractivity contribution < 1.29 is 24.2 Å². The van der Waals surface area contributed by atoms with Crippen molar-refractivity contribution in [2.45, 2.75) is 47.1 Å². The first-order valence-electron chi connectivity index (χ1n) is 14.5. The SMILES string of the molecule is CCOc1cc(C2C(C(=O)C=Cc3ccccc3)=C(O)C(=O)N2c2nc3c(C)cc(C)cc3s2)ccc1OCCC(C)C. The zero-order valence-corrected chi connectivity index (χ0v) is 25.9. The second kappa shape index (κ2) is 12.8. The molecule has 222 valence electrons. The Morgan fingerprint density at radius 3 is 2.56 bits per heavy atom. The van der Waals surface area contributed by atoms with Gasteiger partial charge in [0, 0.05) is 0 Å². The van der Waals surface area contributed by atoms with Crippen molar-refractivity contribution in [1.29, 1.82) is 0 Å². The van der Waals surface area contributed by atoms with Crippen molar-refractivity contribution in [2.24, 2.45) is 5.92 Å². The highest BCUT2D eigenvalue weighted by atomic mass is 32.1. The molecule has 0 radical (unpaired) electrons. The minimum absolute atomic E-state index is 0.0136. The smallest absolute Gasteiger partial charge is 0.296 e. The summed E-state index contributed by atoms with van der Waals surface area (Å²) in [6.45, 7) is 11.1. The second-order valence-electron chi connectivity index (χ2n) is 11.0. The summed E-state index contributed by atoms with van der Waals surface area (Å²) in [5.74, 6) is -0.159. The summed E-state index contributed by atoms with van der Waals surface area (Å²) in [4.78, 5) is 33.7. The van der Waals surface area contributed by atoms with Crippen LogP contribution in [-0.2, 0) is 9.59 Å². The molecule has 1 unspecified atom stereocenters. The van der Waals surface area contributed by atoms with E-state index in [0.717, 1.165) is 33.3 Å². The summed E-state index contributed by atoms with van der Waals surface area (Å²) in [5.41, 5.74) is 4.26. The van der Waals surface area contributed by atoms with Crippen LogP contribution in [0, 0.1) is 19.8 Å². The first kappa shape index (κ1) is 30.0. The molecule has 0 saturated heterocycles. The van der Waals surface area contributed by atoms with Crippen LogP contribution in [0.3, 0.4) is 0 Å². The van der Waals surface area contributed by atoms with E-state index in [4.69, 9.17) is 14.5 Å². The van der Waals surface area contributed by atoms with Crippen molar-refractivity contribution >= 4 is 44.5 Å². The van der Waals surface area contributed by atoms with Crippen LogP contribution < -0.4 is 14.4 Å². The lowest BCUT2D eigenvalue weighted by Crippen LogP contribution is -2.30. The summed E-state index contributed by atoms with van der Waals surface area (Å²) in [5, 5.41) is 11.6. The number of hydrogen-bond acceptors (Lipinski definition) is 7. The van der Waals surface area contributed by atoms with Crippen molar-refractivity contribution in [3.05, 3.63) is 100 Å². The topological polar surface area (TPSA) is 89.0 Å². The molecule has 0 bridgehead atoms. The second-order valence-corrected chi connectivity index (χ2v) is 12.1. The molecule has 0 aliphatic carbocycles. The van der Waals surface area contributed by atoms with Crippen LogP contribution >= 0.6 is 11.3 Å². The van der Waals surface area contributed by atoms with E-state index in [2.05, 4.69) is 13.8 Å². The number of ketones is 1. The van der Waals surface area contributed by atoms with Crippen LogP contribution in [0.4, 0.5) is 5.13 Å². The Bertz CT molecular complexity index is 1720. The standard InChI is InChI=1S/C35H36N2O5S/c1-6-41-28-20-25(13-15-27(28)42-17-16-21(2)3)32-30(26(38)14-12-24-10-8-7-9-11-24)33(39)34(40)37(32)35-36-31-23(5)18-22(4)19-29(31)43-35/h7-15,18-21,32,39H,6,16-17H2,1-5H3. The van der Waals surface area contributed by atoms with Crippen molar-refractivity contribution in [1.82, 2.24) is 4.98 Å². The van der Waals surface area contributed by atoms with Gasteiger partial charge in [-0.25, -0.2) is 4.98 Å². The molecule has 1 N–H and O–H groups in total. The quantitative estimate of drug-likeness (QED) is 0.177. The molecule has 4 aromatic rings. The maximum Gasteiger partial charge on any atom is 0.296 e. The molecule has 1 aromatic heterocycles. The highest BCUT2D eigenvalue weighted by Gasteiger charge is 2.45. The van der Waals surface area contributed by atoms with Gasteiger partial charge in [-0.15, -0.1) is 0 Å². The number of anilines is 1. The number of hydrogen-bond donors (Lipinski definition) is 1. The monoisotopic (exact) mass is 596 g/mol. The van der Waals surface area contributed by atoms with E-state index in [9.17, 15) is 14.7 Å². The Kier molecular flexibility index (Phi) is 8.97. The number of carbonyl (C=O) groups is 2. The van der Waals surface area contributed by atoms with E-state index in [-0.39, 0.29) is 5.57 Å². The third kappa shape index (κ3) is 6.34. The van der Waals surface area contributed by atoms with Gasteiger partial charge in [0.2, 0.25) is 0 Å². The average molecular weight is 597 g/mol.